The smallest absolute Gasteiger partial charge is 0.377 e. The summed E-state index contributed by atoms with van der Waals surface area (Å²) < 4.78 is 46.2. The molecule has 2 fully saturated rings. The largest absolute Gasteiger partial charge is 0.433 e. The topological polar surface area (TPSA) is 83.1 Å². The molecule has 6 heterocycles. The highest BCUT2D eigenvalue weighted by Gasteiger charge is 2.40. The Balaban J connectivity index is 1.33. The second kappa shape index (κ2) is 8.81. The zero-order chi connectivity index (χ0) is 26.0. The molecule has 1 N–H and O–H groups in total. The summed E-state index contributed by atoms with van der Waals surface area (Å²) in [5.41, 5.74) is 2.56. The van der Waals surface area contributed by atoms with Gasteiger partial charge in [0.05, 0.1) is 25.3 Å². The molecule has 38 heavy (non-hydrogen) atoms. The maximum absolute atomic E-state index is 13.5. The van der Waals surface area contributed by atoms with E-state index < -0.39 is 17.9 Å². The Morgan fingerprint density at radius 1 is 1.00 bits per heavy atom. The number of ether oxygens (including phenoxy) is 1. The van der Waals surface area contributed by atoms with Crippen LogP contribution in [-0.2, 0) is 17.3 Å². The van der Waals surface area contributed by atoms with Crippen molar-refractivity contribution in [2.75, 3.05) is 29.6 Å². The van der Waals surface area contributed by atoms with E-state index in [0.717, 1.165) is 52.8 Å². The number of nitrogens with zero attached hydrogens (tertiary/aromatic N) is 6. The fourth-order valence-corrected chi connectivity index (χ4v) is 6.20. The molecule has 0 radical (unpaired) electrons. The van der Waals surface area contributed by atoms with Crippen LogP contribution >= 0.6 is 11.6 Å². The highest BCUT2D eigenvalue weighted by Crippen LogP contribution is 2.41. The number of anilines is 2. The van der Waals surface area contributed by atoms with Gasteiger partial charge in [-0.05, 0) is 49.1 Å². The van der Waals surface area contributed by atoms with Gasteiger partial charge < -0.3 is 19.5 Å². The van der Waals surface area contributed by atoms with E-state index in [1.807, 2.05) is 18.2 Å². The molecular formula is C26H23ClF3N7O. The zero-order valence-electron chi connectivity index (χ0n) is 20.1. The minimum atomic E-state index is -4.58. The molecule has 0 amide bonds. The van der Waals surface area contributed by atoms with Gasteiger partial charge >= 0.3 is 6.18 Å². The Morgan fingerprint density at radius 3 is 2.50 bits per heavy atom. The number of hydrogen-bond acceptors (Lipinski definition) is 7. The number of fused-ring (bicyclic) bond motifs is 5. The lowest BCUT2D eigenvalue weighted by Gasteiger charge is -2.37. The van der Waals surface area contributed by atoms with Gasteiger partial charge in [-0.3, -0.25) is 0 Å². The molecule has 0 aliphatic carbocycles. The molecular weight excluding hydrogens is 519 g/mol. The summed E-state index contributed by atoms with van der Waals surface area (Å²) in [4.78, 5) is 25.1. The van der Waals surface area contributed by atoms with E-state index in [1.165, 1.54) is 0 Å². The van der Waals surface area contributed by atoms with Crippen molar-refractivity contribution in [1.29, 1.82) is 0 Å². The van der Waals surface area contributed by atoms with Crippen LogP contribution in [-0.4, -0.2) is 56.8 Å². The van der Waals surface area contributed by atoms with E-state index in [9.17, 15) is 13.2 Å². The molecule has 2 saturated heterocycles. The quantitative estimate of drug-likeness (QED) is 0.393. The van der Waals surface area contributed by atoms with Crippen molar-refractivity contribution in [1.82, 2.24) is 24.9 Å². The van der Waals surface area contributed by atoms with Crippen LogP contribution in [0.4, 0.5) is 25.1 Å². The van der Waals surface area contributed by atoms with Crippen molar-refractivity contribution in [3.05, 3.63) is 70.4 Å². The van der Waals surface area contributed by atoms with Crippen molar-refractivity contribution < 1.29 is 17.9 Å². The van der Waals surface area contributed by atoms with Crippen LogP contribution in [0.25, 0.3) is 10.9 Å². The Labute approximate surface area is 220 Å². The number of rotatable bonds is 3. The number of aromatic amines is 1. The first-order valence-electron chi connectivity index (χ1n) is 12.5. The molecule has 3 aliphatic heterocycles. The SMILES string of the molecule is FC(F)(F)c1ccnc(N2CCc3c([nH]c4ccc(Cl)cc34)C2c2cnc(N3C4CCC3COC4)nc2)n1. The van der Waals surface area contributed by atoms with E-state index >= 15 is 0 Å². The number of halogens is 4. The lowest BCUT2D eigenvalue weighted by atomic mass is 9.94. The van der Waals surface area contributed by atoms with E-state index in [4.69, 9.17) is 26.3 Å². The monoisotopic (exact) mass is 541 g/mol. The lowest BCUT2D eigenvalue weighted by molar-refractivity contribution is -0.141. The number of H-pyrrole nitrogens is 1. The third-order valence-electron chi connectivity index (χ3n) is 7.72. The third kappa shape index (κ3) is 3.87. The van der Waals surface area contributed by atoms with Gasteiger partial charge in [0, 0.05) is 52.3 Å². The van der Waals surface area contributed by atoms with E-state index in [2.05, 4.69) is 19.9 Å². The standard InChI is InChI=1S/C26H23ClF3N7O/c27-15-1-4-20-19(9-15)18-6-8-36(25-31-7-5-21(35-25)26(28,29)30)23(22(18)34-20)14-10-32-24(33-11-14)37-16-2-3-17(37)13-38-12-16/h1,4-5,7,9-11,16-17,23,34H,2-3,6,8,12-13H2. The lowest BCUT2D eigenvalue weighted by Crippen LogP contribution is -2.46. The number of benzene rings is 1. The number of alkyl halides is 3. The predicted octanol–water partition coefficient (Wildman–Crippen LogP) is 4.94. The van der Waals surface area contributed by atoms with Gasteiger partial charge in [0.2, 0.25) is 11.9 Å². The van der Waals surface area contributed by atoms with Gasteiger partial charge in [-0.15, -0.1) is 0 Å². The van der Waals surface area contributed by atoms with Crippen molar-refractivity contribution in [2.24, 2.45) is 0 Å². The van der Waals surface area contributed by atoms with Crippen molar-refractivity contribution in [3.8, 4) is 0 Å². The molecule has 7 rings (SSSR count). The summed E-state index contributed by atoms with van der Waals surface area (Å²) in [6, 6.07) is 6.52. The van der Waals surface area contributed by atoms with Crippen LogP contribution in [0, 0.1) is 0 Å². The maximum atomic E-state index is 13.5. The minimum absolute atomic E-state index is 0.00228. The highest BCUT2D eigenvalue weighted by molar-refractivity contribution is 6.31. The van der Waals surface area contributed by atoms with Gasteiger partial charge in [-0.2, -0.15) is 13.2 Å². The Kier molecular flexibility index (Phi) is 5.48. The molecule has 3 aromatic heterocycles. The molecule has 8 nitrogen and oxygen atoms in total. The summed E-state index contributed by atoms with van der Waals surface area (Å²) in [5, 5.41) is 1.61. The van der Waals surface area contributed by atoms with Crippen LogP contribution in [0.15, 0.2) is 42.9 Å². The van der Waals surface area contributed by atoms with Gasteiger partial charge in [-0.25, -0.2) is 19.9 Å². The number of nitrogens with one attached hydrogen (secondary N) is 1. The van der Waals surface area contributed by atoms with Crippen LogP contribution in [0.2, 0.25) is 5.02 Å². The molecule has 4 aromatic rings. The van der Waals surface area contributed by atoms with Gasteiger partial charge in [-0.1, -0.05) is 11.6 Å². The summed E-state index contributed by atoms with van der Waals surface area (Å²) in [5.74, 6) is 0.647. The average molecular weight is 542 g/mol. The zero-order valence-corrected chi connectivity index (χ0v) is 20.9. The molecule has 3 aliphatic rings. The van der Waals surface area contributed by atoms with Gasteiger partial charge in [0.15, 0.2) is 0 Å². The van der Waals surface area contributed by atoms with Crippen LogP contribution in [0.5, 0.6) is 0 Å². The minimum Gasteiger partial charge on any atom is -0.377 e. The third-order valence-corrected chi connectivity index (χ3v) is 7.96. The summed E-state index contributed by atoms with van der Waals surface area (Å²) in [6.45, 7) is 1.73. The fraction of sp³-hybridized carbons (Fsp3) is 0.385. The average Bonchev–Trinajstić information content (AvgIpc) is 3.40. The summed E-state index contributed by atoms with van der Waals surface area (Å²) in [6.07, 6.45) is 2.76. The molecule has 2 bridgehead atoms. The van der Waals surface area contributed by atoms with Crippen molar-refractivity contribution in [3.63, 3.8) is 0 Å². The number of aromatic nitrogens is 5. The first kappa shape index (κ1) is 23.7. The van der Waals surface area contributed by atoms with Crippen LogP contribution < -0.4 is 9.80 Å². The second-order valence-electron chi connectivity index (χ2n) is 9.94. The predicted molar refractivity (Wildman–Crippen MR) is 135 cm³/mol. The molecule has 3 atom stereocenters. The van der Waals surface area contributed by atoms with E-state index in [0.29, 0.717) is 37.2 Å². The normalized spacial score (nSPS) is 23.2. The molecule has 12 heteroatoms. The molecule has 3 unspecified atom stereocenters. The maximum Gasteiger partial charge on any atom is 0.433 e. The Bertz CT molecular complexity index is 1490. The van der Waals surface area contributed by atoms with Gasteiger partial charge in [0.1, 0.15) is 11.7 Å². The van der Waals surface area contributed by atoms with Crippen molar-refractivity contribution >= 4 is 34.4 Å². The molecule has 0 saturated carbocycles. The number of hydrogen-bond donors (Lipinski definition) is 1. The number of morpholine rings is 1. The fourth-order valence-electron chi connectivity index (χ4n) is 6.03. The first-order valence-corrected chi connectivity index (χ1v) is 12.9. The summed E-state index contributed by atoms with van der Waals surface area (Å²) in [7, 11) is 0. The van der Waals surface area contributed by atoms with E-state index in [-0.39, 0.29) is 18.0 Å². The van der Waals surface area contributed by atoms with Gasteiger partial charge in [0.25, 0.3) is 0 Å². The Morgan fingerprint density at radius 2 is 1.76 bits per heavy atom. The molecule has 1 aromatic carbocycles. The molecule has 0 spiro atoms. The van der Waals surface area contributed by atoms with Crippen LogP contribution in [0.3, 0.4) is 0 Å². The Hall–Kier alpha value is -3.44. The summed E-state index contributed by atoms with van der Waals surface area (Å²) >= 11 is 6.29. The second-order valence-corrected chi connectivity index (χ2v) is 10.4. The van der Waals surface area contributed by atoms with E-state index in [1.54, 1.807) is 17.3 Å². The van der Waals surface area contributed by atoms with Crippen LogP contribution in [0.1, 0.15) is 41.4 Å². The first-order chi connectivity index (χ1) is 18.4. The highest BCUT2D eigenvalue weighted by atomic mass is 35.5. The molecule has 196 valence electrons. The van der Waals surface area contributed by atoms with Crippen molar-refractivity contribution in [2.45, 2.75) is 43.6 Å².